The molecule has 0 spiro atoms. The Balaban J connectivity index is 1.81. The number of amides is 2. The average molecular weight is 449 g/mol. The van der Waals surface area contributed by atoms with Crippen molar-refractivity contribution in [3.63, 3.8) is 0 Å². The van der Waals surface area contributed by atoms with Crippen molar-refractivity contribution < 1.29 is 24.1 Å². The summed E-state index contributed by atoms with van der Waals surface area (Å²) in [5.74, 6) is -1.18. The molecular weight excluding hydrogens is 426 g/mol. The molecular formula is C23H23N5O5. The van der Waals surface area contributed by atoms with Crippen molar-refractivity contribution in [3.05, 3.63) is 70.9 Å². The number of aromatic nitrogens is 2. The number of fused-ring (bicyclic) bond motifs is 1. The second kappa shape index (κ2) is 9.11. The summed E-state index contributed by atoms with van der Waals surface area (Å²) in [5, 5.41) is 20.7. The minimum Gasteiger partial charge on any atom is -0.478 e. The average Bonchev–Trinajstić information content (AvgIpc) is 3.30. The maximum Gasteiger partial charge on any atom is 0.335 e. The van der Waals surface area contributed by atoms with Crippen LogP contribution in [-0.2, 0) is 9.53 Å². The SMILES string of the molecule is CCC1=C(C(=O)O)C(c2ccc3nonc3c2)N(C(=O)NC(C)c2ccccc2)C(OC)=N1. The van der Waals surface area contributed by atoms with Crippen LogP contribution in [0.3, 0.4) is 0 Å². The van der Waals surface area contributed by atoms with E-state index in [0.717, 1.165) is 5.56 Å². The Hall–Kier alpha value is -4.21. The van der Waals surface area contributed by atoms with Gasteiger partial charge in [-0.2, -0.15) is 0 Å². The normalized spacial score (nSPS) is 17.0. The van der Waals surface area contributed by atoms with E-state index in [9.17, 15) is 14.7 Å². The van der Waals surface area contributed by atoms with E-state index in [1.165, 1.54) is 12.0 Å². The smallest absolute Gasteiger partial charge is 0.335 e. The third-order valence-corrected chi connectivity index (χ3v) is 5.48. The lowest BCUT2D eigenvalue weighted by atomic mass is 9.93. The fourth-order valence-corrected chi connectivity index (χ4v) is 3.85. The van der Waals surface area contributed by atoms with Gasteiger partial charge < -0.3 is 15.2 Å². The molecule has 2 amide bonds. The van der Waals surface area contributed by atoms with Gasteiger partial charge in [-0.25, -0.2) is 24.1 Å². The minimum absolute atomic E-state index is 0.00186. The van der Waals surface area contributed by atoms with E-state index in [-0.39, 0.29) is 17.6 Å². The van der Waals surface area contributed by atoms with Gasteiger partial charge in [0.15, 0.2) is 0 Å². The van der Waals surface area contributed by atoms with E-state index in [1.54, 1.807) is 25.1 Å². The van der Waals surface area contributed by atoms with Crippen molar-refractivity contribution in [2.24, 2.45) is 4.99 Å². The summed E-state index contributed by atoms with van der Waals surface area (Å²) >= 11 is 0. The van der Waals surface area contributed by atoms with Crippen LogP contribution in [0.4, 0.5) is 4.79 Å². The zero-order valence-electron chi connectivity index (χ0n) is 18.3. The Morgan fingerprint density at radius 2 is 1.91 bits per heavy atom. The Bertz CT molecular complexity index is 1250. The first-order valence-corrected chi connectivity index (χ1v) is 10.4. The summed E-state index contributed by atoms with van der Waals surface area (Å²) in [6.07, 6.45) is 0.342. The molecule has 0 fully saturated rings. The molecule has 33 heavy (non-hydrogen) atoms. The van der Waals surface area contributed by atoms with Crippen molar-refractivity contribution in [1.29, 1.82) is 0 Å². The predicted molar refractivity (Wildman–Crippen MR) is 119 cm³/mol. The first-order valence-electron chi connectivity index (χ1n) is 10.4. The summed E-state index contributed by atoms with van der Waals surface area (Å²) in [6, 6.07) is 12.5. The van der Waals surface area contributed by atoms with Crippen LogP contribution >= 0.6 is 0 Å². The second-order valence-corrected chi connectivity index (χ2v) is 7.48. The molecule has 2 atom stereocenters. The van der Waals surface area contributed by atoms with E-state index in [2.05, 4.69) is 20.6 Å². The molecule has 0 radical (unpaired) electrons. The summed E-state index contributed by atoms with van der Waals surface area (Å²) in [4.78, 5) is 31.4. The maximum atomic E-state index is 13.5. The van der Waals surface area contributed by atoms with E-state index in [0.29, 0.717) is 28.7 Å². The van der Waals surface area contributed by atoms with E-state index >= 15 is 0 Å². The van der Waals surface area contributed by atoms with E-state index in [4.69, 9.17) is 9.37 Å². The van der Waals surface area contributed by atoms with Gasteiger partial charge in [0, 0.05) is 0 Å². The molecule has 3 aromatic rings. The maximum absolute atomic E-state index is 13.5. The summed E-state index contributed by atoms with van der Waals surface area (Å²) in [6.45, 7) is 3.64. The molecule has 1 aliphatic heterocycles. The summed E-state index contributed by atoms with van der Waals surface area (Å²) < 4.78 is 10.2. The van der Waals surface area contributed by atoms with Crippen LogP contribution < -0.4 is 5.32 Å². The van der Waals surface area contributed by atoms with Crippen LogP contribution in [0.1, 0.15) is 43.5 Å². The number of rotatable bonds is 5. The van der Waals surface area contributed by atoms with E-state index in [1.807, 2.05) is 37.3 Å². The first kappa shape index (κ1) is 22.0. The number of carbonyl (C=O) groups excluding carboxylic acids is 1. The number of carboxylic acid groups (broad SMARTS) is 1. The van der Waals surface area contributed by atoms with E-state index < -0.39 is 18.0 Å². The highest BCUT2D eigenvalue weighted by Gasteiger charge is 2.41. The van der Waals surface area contributed by atoms with Crippen molar-refractivity contribution >= 4 is 29.1 Å². The Morgan fingerprint density at radius 1 is 1.18 bits per heavy atom. The number of allylic oxidation sites excluding steroid dienone is 1. The van der Waals surface area contributed by atoms with Crippen LogP contribution in [0.25, 0.3) is 11.0 Å². The first-order chi connectivity index (χ1) is 15.9. The third kappa shape index (κ3) is 4.14. The number of amidine groups is 1. The van der Waals surface area contributed by atoms with Crippen molar-refractivity contribution in [1.82, 2.24) is 20.5 Å². The molecule has 0 saturated heterocycles. The number of carbonyl (C=O) groups is 2. The van der Waals surface area contributed by atoms with Crippen LogP contribution in [0.2, 0.25) is 0 Å². The molecule has 2 N–H and O–H groups in total. The zero-order chi connectivity index (χ0) is 23.5. The molecule has 0 bridgehead atoms. The van der Waals surface area contributed by atoms with Crippen LogP contribution in [-0.4, -0.2) is 45.5 Å². The van der Waals surface area contributed by atoms with Gasteiger partial charge in [-0.05, 0) is 46.9 Å². The molecule has 10 heteroatoms. The molecule has 0 saturated carbocycles. The lowest BCUT2D eigenvalue weighted by Crippen LogP contribution is -2.50. The van der Waals surface area contributed by atoms with Gasteiger partial charge in [-0.1, -0.05) is 43.3 Å². The number of benzene rings is 2. The summed E-state index contributed by atoms with van der Waals surface area (Å²) in [5.41, 5.74) is 2.66. The number of nitrogens with zero attached hydrogens (tertiary/aromatic N) is 4. The highest BCUT2D eigenvalue weighted by Crippen LogP contribution is 2.37. The number of hydrogen-bond acceptors (Lipinski definition) is 7. The molecule has 10 nitrogen and oxygen atoms in total. The Morgan fingerprint density at radius 3 is 2.58 bits per heavy atom. The molecule has 170 valence electrons. The number of aliphatic imine (C=N–C) groups is 1. The minimum atomic E-state index is -1.18. The van der Waals surface area contributed by atoms with Gasteiger partial charge in [-0.3, -0.25) is 0 Å². The lowest BCUT2D eigenvalue weighted by Gasteiger charge is -2.36. The number of methoxy groups -OCH3 is 1. The highest BCUT2D eigenvalue weighted by atomic mass is 16.6. The van der Waals surface area contributed by atoms with Crippen molar-refractivity contribution in [2.45, 2.75) is 32.4 Å². The standard InChI is InChI=1S/C23H23N5O5/c1-4-16-19(21(29)30)20(15-10-11-17-18(12-15)27-33-26-17)28(23(25-16)32-3)22(31)24-13(2)14-8-6-5-7-9-14/h5-13,20H,4H2,1-3H3,(H,24,31)(H,29,30). The molecule has 2 aromatic carbocycles. The van der Waals surface area contributed by atoms with Gasteiger partial charge in [0.1, 0.15) is 17.1 Å². The Labute approximate surface area is 189 Å². The fraction of sp³-hybridized carbons (Fsp3) is 0.261. The zero-order valence-corrected chi connectivity index (χ0v) is 18.3. The molecule has 2 unspecified atom stereocenters. The van der Waals surface area contributed by atoms with Gasteiger partial charge in [0.2, 0.25) is 0 Å². The van der Waals surface area contributed by atoms with Gasteiger partial charge in [0.25, 0.3) is 0 Å². The number of hydrogen-bond donors (Lipinski definition) is 2. The van der Waals surface area contributed by atoms with Crippen LogP contribution in [0.5, 0.6) is 0 Å². The van der Waals surface area contributed by atoms with Crippen molar-refractivity contribution in [3.8, 4) is 0 Å². The van der Waals surface area contributed by atoms with Crippen LogP contribution in [0.15, 0.2) is 69.4 Å². The molecule has 4 rings (SSSR count). The largest absolute Gasteiger partial charge is 0.478 e. The fourth-order valence-electron chi connectivity index (χ4n) is 3.85. The predicted octanol–water partition coefficient (Wildman–Crippen LogP) is 3.80. The molecule has 1 aliphatic rings. The lowest BCUT2D eigenvalue weighted by molar-refractivity contribution is -0.133. The third-order valence-electron chi connectivity index (χ3n) is 5.48. The Kier molecular flexibility index (Phi) is 6.07. The molecule has 1 aromatic heterocycles. The molecule has 2 heterocycles. The van der Waals surface area contributed by atoms with Gasteiger partial charge >= 0.3 is 18.0 Å². The van der Waals surface area contributed by atoms with Crippen molar-refractivity contribution in [2.75, 3.05) is 7.11 Å². The second-order valence-electron chi connectivity index (χ2n) is 7.48. The number of urea groups is 1. The highest BCUT2D eigenvalue weighted by molar-refractivity contribution is 6.00. The monoisotopic (exact) mass is 449 g/mol. The topological polar surface area (TPSA) is 130 Å². The number of ether oxygens (including phenoxy) is 1. The number of nitrogens with one attached hydrogen (secondary N) is 1. The van der Waals surface area contributed by atoms with Crippen LogP contribution in [0, 0.1) is 0 Å². The van der Waals surface area contributed by atoms with Gasteiger partial charge in [-0.15, -0.1) is 0 Å². The molecule has 0 aliphatic carbocycles. The quantitative estimate of drug-likeness (QED) is 0.606. The summed E-state index contributed by atoms with van der Waals surface area (Å²) in [7, 11) is 1.39. The number of carboxylic acids is 1. The van der Waals surface area contributed by atoms with Gasteiger partial charge in [0.05, 0.1) is 24.4 Å². The number of aliphatic carboxylic acids is 1.